The number of carbonyl (C=O) groups excluding carboxylic acids is 6. The zero-order chi connectivity index (χ0) is 66.4. The number of carboxylic acids is 6. The molecule has 0 bridgehead atoms. The van der Waals surface area contributed by atoms with Crippen molar-refractivity contribution < 1.29 is 88.1 Å². The van der Waals surface area contributed by atoms with Gasteiger partial charge in [0.1, 0.15) is 0 Å². The molecule has 1 aliphatic rings. The Morgan fingerprint density at radius 2 is 0.714 bits per heavy atom. The monoisotopic (exact) mass is 1200 g/mol. The molecule has 2 unspecified atom stereocenters. The van der Waals surface area contributed by atoms with Gasteiger partial charge < -0.3 is 68.8 Å². The first-order chi connectivity index (χ1) is 38.6. The van der Waals surface area contributed by atoms with Crippen LogP contribution < -0.4 is 33.8 Å². The van der Waals surface area contributed by atoms with E-state index in [0.717, 1.165) is 25.7 Å². The molecule has 84 heavy (non-hydrogen) atoms. The van der Waals surface area contributed by atoms with Crippen LogP contribution in [0.4, 0.5) is 0 Å². The van der Waals surface area contributed by atoms with Gasteiger partial charge in [0.15, 0.2) is 0 Å². The van der Waals surface area contributed by atoms with Crippen molar-refractivity contribution in [3.05, 3.63) is 35.9 Å². The molecule has 0 aromatic heterocycles. The highest BCUT2D eigenvalue weighted by Crippen LogP contribution is 2.25. The Kier molecular flexibility index (Phi) is 52.4. The van der Waals surface area contributed by atoms with E-state index in [4.69, 9.17) is 54.2 Å². The lowest BCUT2D eigenvalue weighted by Gasteiger charge is -2.20. The molecule has 1 fully saturated rings. The molecule has 486 valence electrons. The van der Waals surface area contributed by atoms with Gasteiger partial charge in [-0.05, 0) is 135 Å². The zero-order valence-electron chi connectivity index (χ0n) is 52.6. The summed E-state index contributed by atoms with van der Waals surface area (Å²) in [6, 6.07) is 10.2. The summed E-state index contributed by atoms with van der Waals surface area (Å²) in [5.74, 6) is -5.23. The lowest BCUT2D eigenvalue weighted by Crippen LogP contribution is -2.28. The first kappa shape index (κ1) is 86.3. The van der Waals surface area contributed by atoms with E-state index in [1.807, 2.05) is 92.6 Å². The van der Waals surface area contributed by atoms with Gasteiger partial charge in [0.05, 0.1) is 0 Å². The second kappa shape index (κ2) is 51.0. The highest BCUT2D eigenvalue weighted by molar-refractivity contribution is 5.88. The van der Waals surface area contributed by atoms with Crippen LogP contribution in [0.2, 0.25) is 0 Å². The van der Waals surface area contributed by atoms with E-state index in [2.05, 4.69) is 32.4 Å². The van der Waals surface area contributed by atoms with Crippen molar-refractivity contribution in [2.24, 2.45) is 99.7 Å². The molecule has 15 N–H and O–H groups in total. The van der Waals surface area contributed by atoms with E-state index in [-0.39, 0.29) is 111 Å². The smallest absolute Gasteiger partial charge is 0.313 e. The number of primary amides is 3. The maximum Gasteiger partial charge on any atom is 0.313 e. The minimum absolute atomic E-state index is 0.0289. The van der Waals surface area contributed by atoms with Crippen molar-refractivity contribution in [2.45, 2.75) is 205 Å². The van der Waals surface area contributed by atoms with Gasteiger partial charge in [-0.1, -0.05) is 113 Å². The van der Waals surface area contributed by atoms with E-state index >= 15 is 0 Å². The summed E-state index contributed by atoms with van der Waals surface area (Å²) >= 11 is 0. The number of nitrogens with two attached hydrogens (primary N) is 5. The van der Waals surface area contributed by atoms with Crippen LogP contribution in [0.15, 0.2) is 30.3 Å². The summed E-state index contributed by atoms with van der Waals surface area (Å²) in [5, 5.41) is 52.9. The quantitative estimate of drug-likeness (QED) is 0.0246. The average Bonchev–Trinajstić information content (AvgIpc) is 3.27. The topological polar surface area (TPSA) is 451 Å². The number of carbonyl (C=O) groups is 11. The summed E-state index contributed by atoms with van der Waals surface area (Å²) in [5.41, 5.74) is 27.2. The number of benzene rings is 1. The molecule has 5 atom stereocenters. The summed E-state index contributed by atoms with van der Waals surface area (Å²) in [6.07, 6.45) is 6.01. The summed E-state index contributed by atoms with van der Waals surface area (Å²) in [4.78, 5) is 116. The molecular formula is C61H108N5O18-. The number of hydrogen-bond donors (Lipinski definition) is 10. The number of rotatable bonds is 32. The van der Waals surface area contributed by atoms with Crippen molar-refractivity contribution in [1.29, 1.82) is 0 Å². The lowest BCUT2D eigenvalue weighted by atomic mass is 9.90. The highest BCUT2D eigenvalue weighted by atomic mass is 16.6. The van der Waals surface area contributed by atoms with Crippen molar-refractivity contribution in [1.82, 2.24) is 0 Å². The predicted molar refractivity (Wildman–Crippen MR) is 318 cm³/mol. The van der Waals surface area contributed by atoms with Gasteiger partial charge in [0.25, 0.3) is 0 Å². The van der Waals surface area contributed by atoms with Crippen LogP contribution in [0.1, 0.15) is 211 Å². The summed E-state index contributed by atoms with van der Waals surface area (Å²) in [6.45, 7) is 26.6. The van der Waals surface area contributed by atoms with Crippen molar-refractivity contribution in [3.63, 3.8) is 0 Å². The van der Waals surface area contributed by atoms with E-state index < -0.39 is 53.5 Å². The number of ether oxygens (including phenoxy) is 1. The number of cyclic esters (lactones) is 2. The van der Waals surface area contributed by atoms with E-state index in [1.54, 1.807) is 0 Å². The van der Waals surface area contributed by atoms with Gasteiger partial charge >= 0.3 is 41.8 Å². The Balaban J connectivity index is -0.000000290. The van der Waals surface area contributed by atoms with Gasteiger partial charge in [-0.2, -0.15) is 0 Å². The number of hydrogen-bond acceptors (Lipinski definition) is 15. The largest absolute Gasteiger partial charge is 0.550 e. The zero-order valence-corrected chi connectivity index (χ0v) is 52.6. The minimum atomic E-state index is -1.12. The predicted octanol–water partition coefficient (Wildman–Crippen LogP) is 7.56. The fourth-order valence-electron chi connectivity index (χ4n) is 9.22. The first-order valence-electron chi connectivity index (χ1n) is 29.0. The Morgan fingerprint density at radius 1 is 0.452 bits per heavy atom. The number of aliphatic carboxylic acids is 6. The second-order valence-corrected chi connectivity index (χ2v) is 24.2. The normalized spacial score (nSPS) is 13.6. The molecule has 23 heteroatoms. The molecule has 1 heterocycles. The van der Waals surface area contributed by atoms with E-state index in [0.29, 0.717) is 67.7 Å². The van der Waals surface area contributed by atoms with Gasteiger partial charge in [-0.15, -0.1) is 0 Å². The SMILES string of the molecule is CC(C)CC(CC(=O)O)CC(=O)O.CC(C)CC(CC(N)=O)CC(=O)O.CC(C)CC(CC(N)=O)CC(=O)[O-].CC(C)CC1CC(=O)OC(=O)C1.CC(C)C[C@H](CC(N)=O)CC(=O)O.CC(C)C[C@H](CN)CC(=O)O.C[C@@H](N)c1ccccc1. The van der Waals surface area contributed by atoms with Crippen LogP contribution in [0.25, 0.3) is 0 Å². The van der Waals surface area contributed by atoms with Gasteiger partial charge in [0, 0.05) is 76.2 Å². The van der Waals surface area contributed by atoms with Gasteiger partial charge in [0.2, 0.25) is 17.7 Å². The van der Waals surface area contributed by atoms with Gasteiger partial charge in [-0.3, -0.25) is 47.9 Å². The van der Waals surface area contributed by atoms with Crippen LogP contribution in [0.5, 0.6) is 0 Å². The average molecular weight is 1200 g/mol. The lowest BCUT2D eigenvalue weighted by molar-refractivity contribution is -0.306. The maximum absolute atomic E-state index is 10.8. The maximum atomic E-state index is 10.8. The summed E-state index contributed by atoms with van der Waals surface area (Å²) < 4.78 is 4.42. The van der Waals surface area contributed by atoms with E-state index in [1.165, 1.54) is 5.56 Å². The molecule has 23 nitrogen and oxygen atoms in total. The van der Waals surface area contributed by atoms with Crippen LogP contribution in [0.3, 0.4) is 0 Å². The van der Waals surface area contributed by atoms with Crippen molar-refractivity contribution in [2.75, 3.05) is 6.54 Å². The highest BCUT2D eigenvalue weighted by Gasteiger charge is 2.27. The molecule has 1 aromatic carbocycles. The second-order valence-electron chi connectivity index (χ2n) is 24.2. The van der Waals surface area contributed by atoms with Crippen LogP contribution in [-0.4, -0.2) is 97.6 Å². The van der Waals surface area contributed by atoms with Crippen LogP contribution >= 0.6 is 0 Å². The Morgan fingerprint density at radius 3 is 0.929 bits per heavy atom. The standard InChI is InChI=1S/3C9H17NO3.C9H16O4.C9H14O3.C8H17NO2.C8H11N/c4*1-6(2)3-7(4-8(10)11)5-9(12)13;1-6(2)3-7-4-8(10)12-9(11)5-7;1-6(2)3-7(5-9)4-8(10)11;1-7(9)8-5-3-2-4-6-8/h3*6-7H,3-5H2,1-2H3,(H2,10,11)(H,12,13);6-7H,3-5H2,1-2H3,(H,10,11)(H,12,13);6-7H,3-5H2,1-2H3;6-7H,3-5,9H2,1-2H3,(H,10,11);2-7H,9H2,1H3/p-1/t7-;;;;;2*7-/m1....01/s1. The Hall–Kier alpha value is -6.49. The molecule has 0 spiro atoms. The van der Waals surface area contributed by atoms with Crippen molar-refractivity contribution >= 4 is 65.5 Å². The molecular weight excluding hydrogens is 1090 g/mol. The molecule has 1 saturated heterocycles. The Labute approximate surface area is 499 Å². The number of esters is 2. The number of amides is 3. The molecule has 0 radical (unpaired) electrons. The molecule has 0 aliphatic carbocycles. The summed E-state index contributed by atoms with van der Waals surface area (Å²) in [7, 11) is 0. The van der Waals surface area contributed by atoms with Gasteiger partial charge in [-0.25, -0.2) is 0 Å². The number of carboxylic acid groups (broad SMARTS) is 6. The molecule has 3 amide bonds. The Bertz CT molecular complexity index is 1800. The minimum Gasteiger partial charge on any atom is -0.550 e. The van der Waals surface area contributed by atoms with E-state index in [9.17, 15) is 57.8 Å². The fourth-order valence-corrected chi connectivity index (χ4v) is 9.22. The molecule has 0 saturated carbocycles. The third-order valence-corrected chi connectivity index (χ3v) is 11.9. The third-order valence-electron chi connectivity index (χ3n) is 11.9. The van der Waals surface area contributed by atoms with Crippen LogP contribution in [0, 0.1) is 71.0 Å². The fraction of sp³-hybridized carbons (Fsp3) is 0.721. The van der Waals surface area contributed by atoms with Crippen LogP contribution in [-0.2, 0) is 57.5 Å². The molecule has 1 aromatic rings. The van der Waals surface area contributed by atoms with Crippen molar-refractivity contribution in [3.8, 4) is 0 Å². The first-order valence-corrected chi connectivity index (χ1v) is 29.0. The molecule has 1 aliphatic heterocycles. The molecule has 2 rings (SSSR count). The third kappa shape index (κ3) is 66.3.